The Balaban J connectivity index is 1.27. The zero-order valence-corrected chi connectivity index (χ0v) is 25.5. The molecule has 4 aromatic rings. The van der Waals surface area contributed by atoms with Crippen molar-refractivity contribution in [1.82, 2.24) is 15.5 Å². The first-order valence-electron chi connectivity index (χ1n) is 14.7. The summed E-state index contributed by atoms with van der Waals surface area (Å²) in [6, 6.07) is 28.2. The van der Waals surface area contributed by atoms with Gasteiger partial charge in [0.25, 0.3) is 11.8 Å². The van der Waals surface area contributed by atoms with Crippen LogP contribution in [0.3, 0.4) is 0 Å². The van der Waals surface area contributed by atoms with Crippen LogP contribution in [0.25, 0.3) is 0 Å². The Morgan fingerprint density at radius 1 is 0.977 bits per heavy atom. The van der Waals surface area contributed by atoms with E-state index in [4.69, 9.17) is 4.74 Å². The molecule has 224 valence electrons. The highest BCUT2D eigenvalue weighted by Crippen LogP contribution is 2.36. The van der Waals surface area contributed by atoms with E-state index in [1.54, 1.807) is 42.7 Å². The van der Waals surface area contributed by atoms with Crippen molar-refractivity contribution in [2.24, 2.45) is 0 Å². The minimum Gasteiger partial charge on any atom is -0.497 e. The molecule has 1 aliphatic rings. The van der Waals surface area contributed by atoms with E-state index in [1.165, 1.54) is 9.75 Å². The van der Waals surface area contributed by atoms with E-state index >= 15 is 0 Å². The van der Waals surface area contributed by atoms with Crippen molar-refractivity contribution in [2.45, 2.75) is 50.9 Å². The summed E-state index contributed by atoms with van der Waals surface area (Å²) in [4.78, 5) is 31.5. The number of ether oxygens (including phenoxy) is 1. The van der Waals surface area contributed by atoms with Crippen molar-refractivity contribution >= 4 is 23.2 Å². The van der Waals surface area contributed by atoms with Crippen LogP contribution < -0.4 is 15.4 Å². The maximum absolute atomic E-state index is 13.6. The maximum atomic E-state index is 13.6. The number of hydrogen-bond acceptors (Lipinski definition) is 6. The molecular weight excluding hydrogens is 558 g/mol. The maximum Gasteiger partial charge on any atom is 0.254 e. The first-order valence-corrected chi connectivity index (χ1v) is 15.6. The van der Waals surface area contributed by atoms with Gasteiger partial charge >= 0.3 is 0 Å². The number of carbonyl (C=O) groups excluding carboxylic acids is 2. The summed E-state index contributed by atoms with van der Waals surface area (Å²) in [5.41, 5.74) is 2.93. The molecule has 1 fully saturated rings. The fourth-order valence-corrected chi connectivity index (χ4v) is 6.61. The molecule has 5 rings (SSSR count). The van der Waals surface area contributed by atoms with E-state index in [2.05, 4.69) is 29.7 Å². The van der Waals surface area contributed by atoms with Crippen molar-refractivity contribution < 1.29 is 19.4 Å². The van der Waals surface area contributed by atoms with Crippen molar-refractivity contribution in [1.29, 1.82) is 0 Å². The fourth-order valence-electron chi connectivity index (χ4n) is 5.59. The molecule has 3 aromatic carbocycles. The van der Waals surface area contributed by atoms with E-state index < -0.39 is 12.1 Å². The quantitative estimate of drug-likeness (QED) is 0.200. The number of aliphatic hydroxyl groups is 1. The lowest BCUT2D eigenvalue weighted by Gasteiger charge is -2.26. The largest absolute Gasteiger partial charge is 0.497 e. The van der Waals surface area contributed by atoms with Gasteiger partial charge in [-0.05, 0) is 79.8 Å². The lowest BCUT2D eigenvalue weighted by molar-refractivity contribution is 0.0737. The molecule has 0 bridgehead atoms. The first-order chi connectivity index (χ1) is 20.9. The molecule has 0 saturated carbocycles. The van der Waals surface area contributed by atoms with Gasteiger partial charge in [-0.3, -0.25) is 9.59 Å². The van der Waals surface area contributed by atoms with Gasteiger partial charge < -0.3 is 25.4 Å². The van der Waals surface area contributed by atoms with Gasteiger partial charge in [0, 0.05) is 40.5 Å². The SMILES string of the molecule is COc1cccc(CNC[C@@H](O)[C@H](Cc2ccccc2)NC(=O)c2cccc(C(=O)N3CCCC3c3ccc(C)s3)c2)c1. The van der Waals surface area contributed by atoms with Gasteiger partial charge in [-0.25, -0.2) is 0 Å². The molecule has 0 spiro atoms. The number of thiophene rings is 1. The normalized spacial score (nSPS) is 16.1. The number of likely N-dealkylation sites (tertiary alicyclic amines) is 1. The van der Waals surface area contributed by atoms with E-state index in [-0.39, 0.29) is 24.4 Å². The second kappa shape index (κ2) is 14.5. The third kappa shape index (κ3) is 7.90. The van der Waals surface area contributed by atoms with E-state index in [9.17, 15) is 14.7 Å². The molecule has 1 aromatic heterocycles. The van der Waals surface area contributed by atoms with E-state index in [0.717, 1.165) is 29.7 Å². The summed E-state index contributed by atoms with van der Waals surface area (Å²) in [5, 5.41) is 17.6. The van der Waals surface area contributed by atoms with Gasteiger partial charge in [0.1, 0.15) is 5.75 Å². The van der Waals surface area contributed by atoms with Crippen LogP contribution >= 0.6 is 11.3 Å². The fraction of sp³-hybridized carbons (Fsp3) is 0.314. The zero-order valence-electron chi connectivity index (χ0n) is 24.7. The molecule has 7 nitrogen and oxygen atoms in total. The van der Waals surface area contributed by atoms with Crippen LogP contribution in [0.4, 0.5) is 0 Å². The lowest BCUT2D eigenvalue weighted by Crippen LogP contribution is -2.48. The van der Waals surface area contributed by atoms with Gasteiger partial charge in [0.15, 0.2) is 0 Å². The Bertz CT molecular complexity index is 1520. The Labute approximate surface area is 257 Å². The molecule has 2 heterocycles. The molecule has 43 heavy (non-hydrogen) atoms. The summed E-state index contributed by atoms with van der Waals surface area (Å²) >= 11 is 1.73. The smallest absolute Gasteiger partial charge is 0.254 e. The van der Waals surface area contributed by atoms with Gasteiger partial charge in [-0.2, -0.15) is 0 Å². The van der Waals surface area contributed by atoms with Crippen molar-refractivity contribution in [3.63, 3.8) is 0 Å². The molecule has 1 aliphatic heterocycles. The van der Waals surface area contributed by atoms with Gasteiger partial charge in [-0.15, -0.1) is 11.3 Å². The number of hydrogen-bond donors (Lipinski definition) is 3. The van der Waals surface area contributed by atoms with Gasteiger partial charge in [0.05, 0.1) is 25.3 Å². The van der Waals surface area contributed by atoms with Gasteiger partial charge in [-0.1, -0.05) is 48.5 Å². The average Bonchev–Trinajstić information content (AvgIpc) is 3.70. The van der Waals surface area contributed by atoms with E-state index in [0.29, 0.717) is 30.6 Å². The summed E-state index contributed by atoms with van der Waals surface area (Å²) in [6.07, 6.45) is 1.51. The number of nitrogens with one attached hydrogen (secondary N) is 2. The highest BCUT2D eigenvalue weighted by atomic mass is 32.1. The predicted octanol–water partition coefficient (Wildman–Crippen LogP) is 5.53. The van der Waals surface area contributed by atoms with Crippen LogP contribution in [0.5, 0.6) is 5.75 Å². The second-order valence-electron chi connectivity index (χ2n) is 11.0. The molecule has 1 unspecified atom stereocenters. The Morgan fingerprint density at radius 3 is 2.51 bits per heavy atom. The minimum absolute atomic E-state index is 0.0641. The van der Waals surface area contributed by atoms with Crippen molar-refractivity contribution in [3.8, 4) is 5.75 Å². The standard InChI is InChI=1S/C35H39N3O4S/c1-24-16-17-33(43-24)31-15-8-18-38(31)35(41)28-13-7-12-27(21-28)34(40)37-30(20-25-9-4-3-5-10-25)32(39)23-36-22-26-11-6-14-29(19-26)42-2/h3-7,9-14,16-17,19,21,30-32,36,39H,8,15,18,20,22-23H2,1-2H3,(H,37,40)/t30-,31?,32+/m0/s1. The number of carbonyl (C=O) groups is 2. The molecule has 0 radical (unpaired) electrons. The zero-order chi connectivity index (χ0) is 30.2. The number of aliphatic hydroxyl groups excluding tert-OH is 1. The van der Waals surface area contributed by atoms with Crippen molar-refractivity contribution in [3.05, 3.63) is 123 Å². The molecule has 8 heteroatoms. The highest BCUT2D eigenvalue weighted by molar-refractivity contribution is 7.12. The van der Waals surface area contributed by atoms with Crippen LogP contribution in [-0.2, 0) is 13.0 Å². The minimum atomic E-state index is -0.848. The summed E-state index contributed by atoms with van der Waals surface area (Å²) in [5.74, 6) is 0.386. The van der Waals surface area contributed by atoms with Crippen LogP contribution in [0.15, 0.2) is 91.0 Å². The molecule has 0 aliphatic carbocycles. The highest BCUT2D eigenvalue weighted by Gasteiger charge is 2.32. The second-order valence-corrected chi connectivity index (χ2v) is 12.3. The summed E-state index contributed by atoms with van der Waals surface area (Å²) < 4.78 is 5.30. The lowest BCUT2D eigenvalue weighted by atomic mass is 10.00. The topological polar surface area (TPSA) is 90.9 Å². The molecular formula is C35H39N3O4S. The van der Waals surface area contributed by atoms with Crippen LogP contribution in [-0.4, -0.2) is 54.2 Å². The number of rotatable bonds is 12. The number of nitrogens with zero attached hydrogens (tertiary/aromatic N) is 1. The molecule has 3 atom stereocenters. The van der Waals surface area contributed by atoms with Crippen LogP contribution in [0, 0.1) is 6.92 Å². The number of aryl methyl sites for hydroxylation is 1. The average molecular weight is 598 g/mol. The monoisotopic (exact) mass is 597 g/mol. The van der Waals surface area contributed by atoms with E-state index in [1.807, 2.05) is 59.5 Å². The van der Waals surface area contributed by atoms with Crippen molar-refractivity contribution in [2.75, 3.05) is 20.2 Å². The molecule has 2 amide bonds. The number of amides is 2. The summed E-state index contributed by atoms with van der Waals surface area (Å²) in [7, 11) is 1.63. The Morgan fingerprint density at radius 2 is 1.74 bits per heavy atom. The third-order valence-corrected chi connectivity index (χ3v) is 8.97. The predicted molar refractivity (Wildman–Crippen MR) is 171 cm³/mol. The molecule has 1 saturated heterocycles. The number of methoxy groups -OCH3 is 1. The van der Waals surface area contributed by atoms with Crippen LogP contribution in [0.2, 0.25) is 0 Å². The van der Waals surface area contributed by atoms with Crippen LogP contribution in [0.1, 0.15) is 60.5 Å². The first kappa shape index (κ1) is 30.5. The third-order valence-electron chi connectivity index (χ3n) is 7.87. The van der Waals surface area contributed by atoms with Gasteiger partial charge in [0.2, 0.25) is 0 Å². The molecule has 3 N–H and O–H groups in total. The Kier molecular flexibility index (Phi) is 10.3. The summed E-state index contributed by atoms with van der Waals surface area (Å²) in [6.45, 7) is 3.61. The Hall–Kier alpha value is -3.98. The number of benzene rings is 3.